The second-order valence-electron chi connectivity index (χ2n) is 8.42. The van der Waals surface area contributed by atoms with Gasteiger partial charge in [0.2, 0.25) is 0 Å². The topological polar surface area (TPSA) is 58.6 Å². The fourth-order valence-corrected chi connectivity index (χ4v) is 5.41. The lowest BCUT2D eigenvalue weighted by Gasteiger charge is -2.34. The quantitative estimate of drug-likeness (QED) is 0.615. The van der Waals surface area contributed by atoms with Gasteiger partial charge in [-0.15, -0.1) is 11.3 Å². The van der Waals surface area contributed by atoms with Gasteiger partial charge in [-0.3, -0.25) is 14.7 Å². The average Bonchev–Trinajstić information content (AvgIpc) is 3.48. The van der Waals surface area contributed by atoms with E-state index in [4.69, 9.17) is 4.74 Å². The molecule has 4 heterocycles. The van der Waals surface area contributed by atoms with Crippen LogP contribution in [0.3, 0.4) is 0 Å². The zero-order chi connectivity index (χ0) is 21.4. The predicted molar refractivity (Wildman–Crippen MR) is 119 cm³/mol. The maximum Gasteiger partial charge on any atom is 0.251 e. The molecule has 7 heteroatoms. The van der Waals surface area contributed by atoms with Gasteiger partial charge in [-0.2, -0.15) is 0 Å². The van der Waals surface area contributed by atoms with E-state index < -0.39 is 6.10 Å². The molecule has 1 aromatic carbocycles. The maximum atomic E-state index is 13.2. The number of aryl methyl sites for hydroxylation is 1. The van der Waals surface area contributed by atoms with Crippen molar-refractivity contribution in [3.8, 4) is 0 Å². The first-order chi connectivity index (χ1) is 15.0. The van der Waals surface area contributed by atoms with Crippen LogP contribution in [0.1, 0.15) is 33.9 Å². The molecular formula is C24H26N4O2S. The van der Waals surface area contributed by atoms with Gasteiger partial charge in [0.05, 0.1) is 35.1 Å². The third-order valence-electron chi connectivity index (χ3n) is 6.33. The van der Waals surface area contributed by atoms with Crippen LogP contribution in [-0.2, 0) is 34.7 Å². The summed E-state index contributed by atoms with van der Waals surface area (Å²) in [4.78, 5) is 26.4. The standard InChI is InChI=1S/C24H26N4O2S/c1-17-26-20(15-31-17)14-28-12-18-7-3-4-9-21(18)24(28)11-22(30-16-24)23(29)27(2)13-19-8-5-6-10-25-19/h3-10,15,22H,11-14,16H2,1-2H3. The van der Waals surface area contributed by atoms with E-state index >= 15 is 0 Å². The van der Waals surface area contributed by atoms with Crippen LogP contribution in [-0.4, -0.2) is 45.4 Å². The molecule has 2 unspecified atom stereocenters. The lowest BCUT2D eigenvalue weighted by Crippen LogP contribution is -2.42. The Hall–Kier alpha value is -2.61. The molecule has 5 rings (SSSR count). The lowest BCUT2D eigenvalue weighted by atomic mass is 9.86. The van der Waals surface area contributed by atoms with Gasteiger partial charge < -0.3 is 9.64 Å². The van der Waals surface area contributed by atoms with E-state index in [9.17, 15) is 4.79 Å². The molecule has 160 valence electrons. The van der Waals surface area contributed by atoms with Crippen LogP contribution in [0.4, 0.5) is 0 Å². The molecule has 1 fully saturated rings. The van der Waals surface area contributed by atoms with E-state index in [-0.39, 0.29) is 11.4 Å². The Bertz CT molecular complexity index is 1090. The molecule has 1 amide bonds. The molecule has 2 aliphatic heterocycles. The van der Waals surface area contributed by atoms with E-state index in [1.807, 2.05) is 32.2 Å². The normalized spacial score (nSPS) is 22.7. The third-order valence-corrected chi connectivity index (χ3v) is 7.15. The number of carbonyl (C=O) groups is 1. The minimum atomic E-state index is -0.459. The monoisotopic (exact) mass is 434 g/mol. The van der Waals surface area contributed by atoms with Gasteiger partial charge in [0.25, 0.3) is 5.91 Å². The maximum absolute atomic E-state index is 13.2. The fraction of sp³-hybridized carbons (Fsp3) is 0.375. The minimum Gasteiger partial charge on any atom is -0.366 e. The molecule has 2 atom stereocenters. The van der Waals surface area contributed by atoms with Crippen LogP contribution in [0.5, 0.6) is 0 Å². The van der Waals surface area contributed by atoms with E-state index in [0.29, 0.717) is 19.6 Å². The molecule has 3 aromatic rings. The first-order valence-electron chi connectivity index (χ1n) is 10.6. The molecule has 0 N–H and O–H groups in total. The Kier molecular flexibility index (Phi) is 5.33. The van der Waals surface area contributed by atoms with Crippen molar-refractivity contribution >= 4 is 17.2 Å². The number of likely N-dealkylation sites (N-methyl/N-ethyl adjacent to an activating group) is 1. The van der Waals surface area contributed by atoms with Crippen molar-refractivity contribution in [1.82, 2.24) is 19.8 Å². The highest BCUT2D eigenvalue weighted by atomic mass is 32.1. The molecule has 31 heavy (non-hydrogen) atoms. The van der Waals surface area contributed by atoms with Gasteiger partial charge in [-0.05, 0) is 30.2 Å². The van der Waals surface area contributed by atoms with Gasteiger partial charge in [0.15, 0.2) is 0 Å². The summed E-state index contributed by atoms with van der Waals surface area (Å²) < 4.78 is 6.17. The first kappa shape index (κ1) is 20.3. The van der Waals surface area contributed by atoms with E-state index in [1.54, 1.807) is 22.4 Å². The van der Waals surface area contributed by atoms with Gasteiger partial charge in [0, 0.05) is 38.1 Å². The number of nitrogens with zero attached hydrogens (tertiary/aromatic N) is 4. The Morgan fingerprint density at radius 2 is 2.10 bits per heavy atom. The number of amides is 1. The van der Waals surface area contributed by atoms with Gasteiger partial charge in [0.1, 0.15) is 6.10 Å². The van der Waals surface area contributed by atoms with Crippen molar-refractivity contribution in [1.29, 1.82) is 0 Å². The van der Waals surface area contributed by atoms with Gasteiger partial charge >= 0.3 is 0 Å². The summed E-state index contributed by atoms with van der Waals surface area (Å²) in [5.41, 5.74) is 4.26. The van der Waals surface area contributed by atoms with Crippen LogP contribution in [0, 0.1) is 6.92 Å². The Balaban J connectivity index is 1.37. The zero-order valence-electron chi connectivity index (χ0n) is 17.8. The molecule has 0 radical (unpaired) electrons. The van der Waals surface area contributed by atoms with Crippen LogP contribution < -0.4 is 0 Å². The zero-order valence-corrected chi connectivity index (χ0v) is 18.6. The van der Waals surface area contributed by atoms with E-state index in [0.717, 1.165) is 29.5 Å². The van der Waals surface area contributed by atoms with E-state index in [1.165, 1.54) is 11.1 Å². The SMILES string of the molecule is Cc1nc(CN2Cc3ccccc3C23COC(C(=O)N(C)Cc2ccccn2)C3)cs1. The van der Waals surface area contributed by atoms with Crippen molar-refractivity contribution in [3.63, 3.8) is 0 Å². The predicted octanol–water partition coefficient (Wildman–Crippen LogP) is 3.51. The summed E-state index contributed by atoms with van der Waals surface area (Å²) >= 11 is 1.68. The van der Waals surface area contributed by atoms with E-state index in [2.05, 4.69) is 44.5 Å². The highest BCUT2D eigenvalue weighted by Gasteiger charge is 2.52. The minimum absolute atomic E-state index is 0.0105. The molecule has 1 saturated heterocycles. The summed E-state index contributed by atoms with van der Waals surface area (Å²) in [6, 6.07) is 14.3. The molecule has 2 aromatic heterocycles. The molecule has 0 aliphatic carbocycles. The molecule has 0 bridgehead atoms. The number of rotatable bonds is 5. The summed E-state index contributed by atoms with van der Waals surface area (Å²) in [5.74, 6) is 0.0105. The Morgan fingerprint density at radius 1 is 1.26 bits per heavy atom. The number of thiazole rings is 1. The van der Waals surface area contributed by atoms with Crippen molar-refractivity contribution in [3.05, 3.63) is 81.6 Å². The molecule has 1 spiro atoms. The number of pyridine rings is 1. The number of ether oxygens (including phenoxy) is 1. The number of carbonyl (C=O) groups excluding carboxylic acids is 1. The summed E-state index contributed by atoms with van der Waals surface area (Å²) in [7, 11) is 1.82. The van der Waals surface area contributed by atoms with Crippen LogP contribution in [0.25, 0.3) is 0 Å². The second kappa shape index (κ2) is 8.15. The summed E-state index contributed by atoms with van der Waals surface area (Å²) in [5, 5.41) is 3.21. The lowest BCUT2D eigenvalue weighted by molar-refractivity contribution is -0.140. The van der Waals surface area contributed by atoms with Crippen molar-refractivity contribution < 1.29 is 9.53 Å². The van der Waals surface area contributed by atoms with Gasteiger partial charge in [-0.1, -0.05) is 30.3 Å². The third kappa shape index (κ3) is 3.78. The van der Waals surface area contributed by atoms with Crippen LogP contribution >= 0.6 is 11.3 Å². The molecule has 6 nitrogen and oxygen atoms in total. The molecule has 0 saturated carbocycles. The van der Waals surface area contributed by atoms with Crippen molar-refractivity contribution in [2.45, 2.75) is 44.6 Å². The Labute approximate surface area is 186 Å². The summed E-state index contributed by atoms with van der Waals surface area (Å²) in [6.07, 6.45) is 1.94. The number of fused-ring (bicyclic) bond motifs is 2. The number of benzene rings is 1. The fourth-order valence-electron chi connectivity index (χ4n) is 4.81. The molecular weight excluding hydrogens is 408 g/mol. The van der Waals surface area contributed by atoms with Crippen molar-refractivity contribution in [2.75, 3.05) is 13.7 Å². The largest absolute Gasteiger partial charge is 0.366 e. The molecule has 2 aliphatic rings. The Morgan fingerprint density at radius 3 is 2.87 bits per heavy atom. The number of hydrogen-bond donors (Lipinski definition) is 0. The average molecular weight is 435 g/mol. The highest BCUT2D eigenvalue weighted by molar-refractivity contribution is 7.09. The number of hydrogen-bond acceptors (Lipinski definition) is 6. The summed E-state index contributed by atoms with van der Waals surface area (Å²) in [6.45, 7) is 4.63. The smallest absolute Gasteiger partial charge is 0.251 e. The second-order valence-corrected chi connectivity index (χ2v) is 9.48. The highest BCUT2D eigenvalue weighted by Crippen LogP contribution is 2.47. The van der Waals surface area contributed by atoms with Crippen molar-refractivity contribution in [2.24, 2.45) is 0 Å². The van der Waals surface area contributed by atoms with Crippen LogP contribution in [0.15, 0.2) is 54.0 Å². The first-order valence-corrected chi connectivity index (χ1v) is 11.4. The van der Waals surface area contributed by atoms with Gasteiger partial charge in [-0.25, -0.2) is 4.98 Å². The van der Waals surface area contributed by atoms with Crippen LogP contribution in [0.2, 0.25) is 0 Å². The number of aromatic nitrogens is 2.